The first-order valence-corrected chi connectivity index (χ1v) is 6.74. The van der Waals surface area contributed by atoms with Crippen LogP contribution in [0.25, 0.3) is 0 Å². The van der Waals surface area contributed by atoms with Gasteiger partial charge in [0.05, 0.1) is 12.2 Å². The van der Waals surface area contributed by atoms with Crippen molar-refractivity contribution in [2.75, 3.05) is 13.2 Å². The second-order valence-corrected chi connectivity index (χ2v) is 4.15. The van der Waals surface area contributed by atoms with E-state index in [1.807, 2.05) is 26.0 Å². The molecule has 0 fully saturated rings. The molecule has 0 aliphatic rings. The quantitative estimate of drug-likeness (QED) is 0.557. The molecule has 0 aromatic heterocycles. The lowest BCUT2D eigenvalue weighted by Crippen LogP contribution is -2.08. The van der Waals surface area contributed by atoms with E-state index in [9.17, 15) is 4.79 Å². The second-order valence-electron chi connectivity index (χ2n) is 4.15. The van der Waals surface area contributed by atoms with Gasteiger partial charge in [0.25, 0.3) is 0 Å². The summed E-state index contributed by atoms with van der Waals surface area (Å²) in [5.74, 6) is 0.597. The highest BCUT2D eigenvalue weighted by molar-refractivity contribution is 5.90. The van der Waals surface area contributed by atoms with E-state index in [1.54, 1.807) is 13.0 Å². The number of benzene rings is 1. The molecule has 19 heavy (non-hydrogen) atoms. The van der Waals surface area contributed by atoms with Crippen LogP contribution in [0, 0.1) is 0 Å². The van der Waals surface area contributed by atoms with Crippen molar-refractivity contribution in [2.45, 2.75) is 33.6 Å². The van der Waals surface area contributed by atoms with Crippen LogP contribution >= 0.6 is 0 Å². The fourth-order valence-electron chi connectivity index (χ4n) is 1.94. The summed E-state index contributed by atoms with van der Waals surface area (Å²) in [6.45, 7) is 10.4. The second kappa shape index (κ2) is 7.62. The highest BCUT2D eigenvalue weighted by Gasteiger charge is 2.14. The predicted molar refractivity (Wildman–Crippen MR) is 76.8 cm³/mol. The van der Waals surface area contributed by atoms with Gasteiger partial charge in [0.15, 0.2) is 0 Å². The zero-order chi connectivity index (χ0) is 14.3. The zero-order valence-corrected chi connectivity index (χ0v) is 12.0. The molecule has 0 aliphatic carbocycles. The maximum Gasteiger partial charge on any atom is 0.338 e. The van der Waals surface area contributed by atoms with Crippen molar-refractivity contribution in [1.29, 1.82) is 0 Å². The van der Waals surface area contributed by atoms with Gasteiger partial charge in [-0.3, -0.25) is 0 Å². The monoisotopic (exact) mass is 262 g/mol. The Labute approximate surface area is 115 Å². The average Bonchev–Trinajstić information content (AvgIpc) is 2.44. The van der Waals surface area contributed by atoms with Crippen LogP contribution in [-0.2, 0) is 17.6 Å². The van der Waals surface area contributed by atoms with Gasteiger partial charge in [-0.05, 0) is 43.0 Å². The summed E-state index contributed by atoms with van der Waals surface area (Å²) in [7, 11) is 0. The third kappa shape index (κ3) is 3.85. The number of rotatable bonds is 7. The van der Waals surface area contributed by atoms with Crippen LogP contribution in [0.4, 0.5) is 0 Å². The van der Waals surface area contributed by atoms with Crippen molar-refractivity contribution < 1.29 is 14.3 Å². The highest BCUT2D eigenvalue weighted by atomic mass is 16.5. The van der Waals surface area contributed by atoms with Gasteiger partial charge in [0, 0.05) is 0 Å². The Hall–Kier alpha value is -1.77. The SMILES string of the molecule is C=CCOc1c(CC)cc(C(=O)OCC)cc1CC. The van der Waals surface area contributed by atoms with Gasteiger partial charge in [0.1, 0.15) is 12.4 Å². The standard InChI is InChI=1S/C16H22O3/c1-5-9-19-15-12(6-2)10-14(11-13(15)7-3)16(17)18-8-4/h5,10-11H,1,6-9H2,2-4H3. The van der Waals surface area contributed by atoms with Crippen molar-refractivity contribution >= 4 is 5.97 Å². The maximum atomic E-state index is 11.8. The minimum absolute atomic E-state index is 0.276. The van der Waals surface area contributed by atoms with E-state index in [0.29, 0.717) is 18.8 Å². The molecule has 0 saturated carbocycles. The fraction of sp³-hybridized carbons (Fsp3) is 0.438. The van der Waals surface area contributed by atoms with Crippen molar-refractivity contribution in [3.05, 3.63) is 41.5 Å². The molecular weight excluding hydrogens is 240 g/mol. The summed E-state index contributed by atoms with van der Waals surface area (Å²) in [4.78, 5) is 11.8. The molecule has 3 heteroatoms. The number of aryl methyl sites for hydroxylation is 2. The van der Waals surface area contributed by atoms with E-state index in [-0.39, 0.29) is 5.97 Å². The van der Waals surface area contributed by atoms with E-state index < -0.39 is 0 Å². The van der Waals surface area contributed by atoms with Crippen molar-refractivity contribution in [1.82, 2.24) is 0 Å². The largest absolute Gasteiger partial charge is 0.489 e. The van der Waals surface area contributed by atoms with Gasteiger partial charge in [-0.1, -0.05) is 26.5 Å². The van der Waals surface area contributed by atoms with Gasteiger partial charge >= 0.3 is 5.97 Å². The van der Waals surface area contributed by atoms with E-state index in [4.69, 9.17) is 9.47 Å². The molecule has 0 N–H and O–H groups in total. The fourth-order valence-corrected chi connectivity index (χ4v) is 1.94. The Morgan fingerprint density at radius 2 is 1.79 bits per heavy atom. The van der Waals surface area contributed by atoms with Crippen LogP contribution < -0.4 is 4.74 Å². The predicted octanol–water partition coefficient (Wildman–Crippen LogP) is 3.55. The molecule has 0 aliphatic heterocycles. The van der Waals surface area contributed by atoms with Crippen molar-refractivity contribution in [2.24, 2.45) is 0 Å². The van der Waals surface area contributed by atoms with Gasteiger partial charge in [-0.2, -0.15) is 0 Å². The minimum Gasteiger partial charge on any atom is -0.489 e. The van der Waals surface area contributed by atoms with E-state index in [0.717, 1.165) is 29.7 Å². The van der Waals surface area contributed by atoms with Crippen molar-refractivity contribution in [3.63, 3.8) is 0 Å². The Morgan fingerprint density at radius 3 is 2.21 bits per heavy atom. The molecule has 0 unspecified atom stereocenters. The third-order valence-electron chi connectivity index (χ3n) is 2.86. The summed E-state index contributed by atoms with van der Waals surface area (Å²) in [5, 5.41) is 0. The van der Waals surface area contributed by atoms with E-state index in [1.165, 1.54) is 0 Å². The molecule has 1 rings (SSSR count). The molecule has 0 heterocycles. The maximum absolute atomic E-state index is 11.8. The van der Waals surface area contributed by atoms with E-state index >= 15 is 0 Å². The molecule has 0 amide bonds. The Balaban J connectivity index is 3.18. The highest BCUT2D eigenvalue weighted by Crippen LogP contribution is 2.27. The summed E-state index contributed by atoms with van der Waals surface area (Å²) in [6.07, 6.45) is 3.34. The topological polar surface area (TPSA) is 35.5 Å². The molecule has 0 saturated heterocycles. The van der Waals surface area contributed by atoms with Crippen molar-refractivity contribution in [3.8, 4) is 5.75 Å². The first kappa shape index (κ1) is 15.3. The number of hydrogen-bond acceptors (Lipinski definition) is 3. The van der Waals surface area contributed by atoms with E-state index in [2.05, 4.69) is 6.58 Å². The molecule has 1 aromatic rings. The van der Waals surface area contributed by atoms with Crippen LogP contribution in [-0.4, -0.2) is 19.2 Å². The lowest BCUT2D eigenvalue weighted by Gasteiger charge is -2.15. The van der Waals surface area contributed by atoms with Crippen LogP contribution in [0.2, 0.25) is 0 Å². The first-order chi connectivity index (χ1) is 9.17. The summed E-state index contributed by atoms with van der Waals surface area (Å²) < 4.78 is 10.8. The first-order valence-electron chi connectivity index (χ1n) is 6.74. The lowest BCUT2D eigenvalue weighted by molar-refractivity contribution is 0.0526. The lowest BCUT2D eigenvalue weighted by atomic mass is 10.0. The van der Waals surface area contributed by atoms with Gasteiger partial charge < -0.3 is 9.47 Å². The molecule has 104 valence electrons. The van der Waals surface area contributed by atoms with Crippen LogP contribution in [0.1, 0.15) is 42.3 Å². The Morgan fingerprint density at radius 1 is 1.21 bits per heavy atom. The molecule has 0 spiro atoms. The van der Waals surface area contributed by atoms with Gasteiger partial charge in [0.2, 0.25) is 0 Å². The summed E-state index contributed by atoms with van der Waals surface area (Å²) in [6, 6.07) is 3.71. The average molecular weight is 262 g/mol. The number of esters is 1. The number of carbonyl (C=O) groups is 1. The molecule has 0 atom stereocenters. The van der Waals surface area contributed by atoms with Gasteiger partial charge in [-0.25, -0.2) is 4.79 Å². The number of hydrogen-bond donors (Lipinski definition) is 0. The normalized spacial score (nSPS) is 10.1. The third-order valence-corrected chi connectivity index (χ3v) is 2.86. The molecule has 0 radical (unpaired) electrons. The van der Waals surface area contributed by atoms with Crippen LogP contribution in [0.15, 0.2) is 24.8 Å². The zero-order valence-electron chi connectivity index (χ0n) is 12.0. The number of ether oxygens (including phenoxy) is 2. The van der Waals surface area contributed by atoms with Crippen LogP contribution in [0.3, 0.4) is 0 Å². The van der Waals surface area contributed by atoms with Gasteiger partial charge in [-0.15, -0.1) is 0 Å². The minimum atomic E-state index is -0.276. The molecular formula is C16H22O3. The Bertz CT molecular complexity index is 424. The Kier molecular flexibility index (Phi) is 6.13. The van der Waals surface area contributed by atoms with Crippen LogP contribution in [0.5, 0.6) is 5.75 Å². The summed E-state index contributed by atoms with van der Waals surface area (Å²) >= 11 is 0. The molecule has 1 aromatic carbocycles. The number of carbonyl (C=O) groups excluding carboxylic acids is 1. The smallest absolute Gasteiger partial charge is 0.338 e. The molecule has 3 nitrogen and oxygen atoms in total. The summed E-state index contributed by atoms with van der Waals surface area (Å²) in [5.41, 5.74) is 2.66. The molecule has 0 bridgehead atoms.